The van der Waals surface area contributed by atoms with E-state index in [9.17, 15) is 9.59 Å². The van der Waals surface area contributed by atoms with E-state index in [0.29, 0.717) is 28.1 Å². The SMILES string of the molecule is O=C(OCCCOC(=O)c1csc(-c2ncccn2)n1)c1csc(-c2ncccn2)n1. The third-order valence-corrected chi connectivity index (χ3v) is 5.37. The minimum Gasteiger partial charge on any atom is -0.461 e. The van der Waals surface area contributed by atoms with E-state index in [4.69, 9.17) is 9.47 Å². The second-order valence-electron chi connectivity index (χ2n) is 5.85. The quantitative estimate of drug-likeness (QED) is 0.289. The van der Waals surface area contributed by atoms with Crippen molar-refractivity contribution in [3.63, 3.8) is 0 Å². The van der Waals surface area contributed by atoms with Gasteiger partial charge < -0.3 is 9.47 Å². The summed E-state index contributed by atoms with van der Waals surface area (Å²) in [6.45, 7) is 0.169. The Labute approximate surface area is 184 Å². The van der Waals surface area contributed by atoms with Crippen LogP contribution < -0.4 is 0 Å². The number of carbonyl (C=O) groups is 2. The van der Waals surface area contributed by atoms with Gasteiger partial charge in [-0.15, -0.1) is 22.7 Å². The van der Waals surface area contributed by atoms with Crippen molar-refractivity contribution in [1.82, 2.24) is 29.9 Å². The average Bonchev–Trinajstić information content (AvgIpc) is 3.50. The van der Waals surface area contributed by atoms with Gasteiger partial charge in [0.05, 0.1) is 13.2 Å². The van der Waals surface area contributed by atoms with Gasteiger partial charge in [-0.1, -0.05) is 0 Å². The monoisotopic (exact) mass is 454 g/mol. The standard InChI is InChI=1S/C19H14N6O4S2/c26-18(12-10-30-16(24-12)14-20-4-1-5-21-14)28-8-3-9-29-19(27)13-11-31-17(25-13)15-22-6-2-7-23-15/h1-2,4-7,10-11H,3,8-9H2. The molecule has 0 aliphatic heterocycles. The smallest absolute Gasteiger partial charge is 0.357 e. The van der Waals surface area contributed by atoms with E-state index in [-0.39, 0.29) is 24.6 Å². The molecular weight excluding hydrogens is 440 g/mol. The van der Waals surface area contributed by atoms with Gasteiger partial charge in [-0.25, -0.2) is 39.5 Å². The maximum atomic E-state index is 12.1. The van der Waals surface area contributed by atoms with E-state index in [2.05, 4.69) is 29.9 Å². The lowest BCUT2D eigenvalue weighted by Crippen LogP contribution is -2.11. The zero-order valence-electron chi connectivity index (χ0n) is 15.9. The summed E-state index contributed by atoms with van der Waals surface area (Å²) in [6.07, 6.45) is 6.75. The predicted octanol–water partition coefficient (Wildman–Crippen LogP) is 2.92. The molecule has 0 radical (unpaired) electrons. The van der Waals surface area contributed by atoms with E-state index in [1.54, 1.807) is 47.7 Å². The molecule has 0 bridgehead atoms. The van der Waals surface area contributed by atoms with Gasteiger partial charge in [0.15, 0.2) is 33.1 Å². The molecule has 4 heterocycles. The molecule has 10 nitrogen and oxygen atoms in total. The average molecular weight is 454 g/mol. The minimum atomic E-state index is -0.559. The molecule has 0 saturated heterocycles. The number of hydrogen-bond acceptors (Lipinski definition) is 12. The first-order valence-corrected chi connectivity index (χ1v) is 10.8. The van der Waals surface area contributed by atoms with Gasteiger partial charge in [-0.05, 0) is 12.1 Å². The topological polar surface area (TPSA) is 130 Å². The lowest BCUT2D eigenvalue weighted by Gasteiger charge is -2.04. The van der Waals surface area contributed by atoms with Crippen LogP contribution in [-0.2, 0) is 9.47 Å². The van der Waals surface area contributed by atoms with Crippen LogP contribution in [0.3, 0.4) is 0 Å². The molecule has 31 heavy (non-hydrogen) atoms. The normalized spacial score (nSPS) is 10.6. The van der Waals surface area contributed by atoms with Crippen LogP contribution >= 0.6 is 22.7 Å². The molecule has 0 aromatic carbocycles. The van der Waals surface area contributed by atoms with E-state index >= 15 is 0 Å². The maximum Gasteiger partial charge on any atom is 0.357 e. The third kappa shape index (κ3) is 5.29. The van der Waals surface area contributed by atoms with E-state index < -0.39 is 11.9 Å². The van der Waals surface area contributed by atoms with Crippen molar-refractivity contribution >= 4 is 34.6 Å². The Hall–Kier alpha value is -3.64. The lowest BCUT2D eigenvalue weighted by molar-refractivity contribution is 0.0390. The molecular formula is C19H14N6O4S2. The highest BCUT2D eigenvalue weighted by molar-refractivity contribution is 7.13. The summed E-state index contributed by atoms with van der Waals surface area (Å²) in [5.41, 5.74) is 0.366. The van der Waals surface area contributed by atoms with Crippen LogP contribution in [-0.4, -0.2) is 55.1 Å². The molecule has 0 spiro atoms. The lowest BCUT2D eigenvalue weighted by atomic mass is 10.4. The molecule has 0 saturated carbocycles. The number of carbonyl (C=O) groups excluding carboxylic acids is 2. The number of thiazole rings is 2. The van der Waals surface area contributed by atoms with Gasteiger partial charge in [-0.2, -0.15) is 0 Å². The van der Waals surface area contributed by atoms with Gasteiger partial charge in [0, 0.05) is 42.0 Å². The van der Waals surface area contributed by atoms with Crippen molar-refractivity contribution in [3.8, 4) is 21.7 Å². The second-order valence-corrected chi connectivity index (χ2v) is 7.56. The summed E-state index contributed by atoms with van der Waals surface area (Å²) in [4.78, 5) is 49.0. The number of nitrogens with zero attached hydrogens (tertiary/aromatic N) is 6. The molecule has 4 aromatic rings. The molecule has 4 rings (SSSR count). The van der Waals surface area contributed by atoms with Crippen molar-refractivity contribution in [2.24, 2.45) is 0 Å². The molecule has 0 atom stereocenters. The Morgan fingerprint density at radius 1 is 0.710 bits per heavy atom. The van der Waals surface area contributed by atoms with Crippen molar-refractivity contribution in [1.29, 1.82) is 0 Å². The molecule has 12 heteroatoms. The Balaban J connectivity index is 1.20. The first-order valence-electron chi connectivity index (χ1n) is 9.01. The van der Waals surface area contributed by atoms with Crippen LogP contribution in [0.5, 0.6) is 0 Å². The van der Waals surface area contributed by atoms with Crippen LogP contribution in [0.1, 0.15) is 27.4 Å². The zero-order valence-corrected chi connectivity index (χ0v) is 17.5. The zero-order chi connectivity index (χ0) is 21.5. The Morgan fingerprint density at radius 3 is 1.55 bits per heavy atom. The summed E-state index contributed by atoms with van der Waals surface area (Å²) in [5.74, 6) is -0.224. The molecule has 0 aliphatic rings. The van der Waals surface area contributed by atoms with Gasteiger partial charge in [0.25, 0.3) is 0 Å². The van der Waals surface area contributed by atoms with E-state index in [1.165, 1.54) is 22.7 Å². The maximum absolute atomic E-state index is 12.1. The Morgan fingerprint density at radius 2 is 1.13 bits per heavy atom. The van der Waals surface area contributed by atoms with Crippen LogP contribution in [0, 0.1) is 0 Å². The van der Waals surface area contributed by atoms with Crippen LogP contribution in [0.15, 0.2) is 47.7 Å². The van der Waals surface area contributed by atoms with Gasteiger partial charge in [0.1, 0.15) is 0 Å². The fourth-order valence-electron chi connectivity index (χ4n) is 2.30. The molecule has 0 amide bonds. The molecule has 0 fully saturated rings. The summed E-state index contributed by atoms with van der Waals surface area (Å²) >= 11 is 2.51. The number of hydrogen-bond donors (Lipinski definition) is 0. The highest BCUT2D eigenvalue weighted by Gasteiger charge is 2.16. The first-order chi connectivity index (χ1) is 15.2. The fraction of sp³-hybridized carbons (Fsp3) is 0.158. The van der Waals surface area contributed by atoms with Gasteiger partial charge in [0.2, 0.25) is 0 Å². The van der Waals surface area contributed by atoms with E-state index in [1.807, 2.05) is 0 Å². The number of esters is 2. The van der Waals surface area contributed by atoms with Gasteiger partial charge >= 0.3 is 11.9 Å². The summed E-state index contributed by atoms with van der Waals surface area (Å²) < 4.78 is 10.3. The summed E-state index contributed by atoms with van der Waals surface area (Å²) in [6, 6.07) is 3.40. The fourth-order valence-corrected chi connectivity index (χ4v) is 3.76. The minimum absolute atomic E-state index is 0.0843. The van der Waals surface area contributed by atoms with Crippen LogP contribution in [0.4, 0.5) is 0 Å². The third-order valence-electron chi connectivity index (χ3n) is 3.70. The van der Waals surface area contributed by atoms with Crippen molar-refractivity contribution in [2.45, 2.75) is 6.42 Å². The number of ether oxygens (including phenoxy) is 2. The Bertz CT molecular complexity index is 1070. The summed E-state index contributed by atoms with van der Waals surface area (Å²) in [7, 11) is 0. The molecule has 156 valence electrons. The second kappa shape index (κ2) is 9.91. The largest absolute Gasteiger partial charge is 0.461 e. The molecule has 0 unspecified atom stereocenters. The van der Waals surface area contributed by atoms with E-state index in [0.717, 1.165) is 0 Å². The molecule has 4 aromatic heterocycles. The number of rotatable bonds is 8. The molecule has 0 aliphatic carbocycles. The van der Waals surface area contributed by atoms with Crippen molar-refractivity contribution in [3.05, 3.63) is 59.1 Å². The highest BCUT2D eigenvalue weighted by Crippen LogP contribution is 2.21. The first kappa shape index (κ1) is 20.6. The van der Waals surface area contributed by atoms with Gasteiger partial charge in [-0.3, -0.25) is 0 Å². The number of aromatic nitrogens is 6. The van der Waals surface area contributed by atoms with Crippen molar-refractivity contribution < 1.29 is 19.1 Å². The predicted molar refractivity (Wildman–Crippen MR) is 111 cm³/mol. The van der Waals surface area contributed by atoms with Crippen molar-refractivity contribution in [2.75, 3.05) is 13.2 Å². The molecule has 0 N–H and O–H groups in total. The van der Waals surface area contributed by atoms with Crippen LogP contribution in [0.25, 0.3) is 21.7 Å². The summed E-state index contributed by atoms with van der Waals surface area (Å²) in [5, 5.41) is 4.24. The Kier molecular flexibility index (Phi) is 6.59. The van der Waals surface area contributed by atoms with Crippen LogP contribution in [0.2, 0.25) is 0 Å². The highest BCUT2D eigenvalue weighted by atomic mass is 32.1.